The predicted octanol–water partition coefficient (Wildman–Crippen LogP) is 4.22. The van der Waals surface area contributed by atoms with Gasteiger partial charge in [-0.1, -0.05) is 29.4 Å². The van der Waals surface area contributed by atoms with Crippen molar-refractivity contribution in [3.63, 3.8) is 0 Å². The number of nitrogens with zero attached hydrogens (tertiary/aromatic N) is 1. The summed E-state index contributed by atoms with van der Waals surface area (Å²) in [7, 11) is 0. The van der Waals surface area contributed by atoms with Gasteiger partial charge < -0.3 is 14.7 Å². The Labute approximate surface area is 154 Å². The van der Waals surface area contributed by atoms with E-state index in [0.717, 1.165) is 23.3 Å². The van der Waals surface area contributed by atoms with Gasteiger partial charge in [0.15, 0.2) is 6.61 Å². The second-order valence-corrected chi connectivity index (χ2v) is 5.74. The highest BCUT2D eigenvalue weighted by molar-refractivity contribution is 5.68. The zero-order valence-corrected chi connectivity index (χ0v) is 14.5. The van der Waals surface area contributed by atoms with Gasteiger partial charge in [0.2, 0.25) is 0 Å². The van der Waals surface area contributed by atoms with Crippen molar-refractivity contribution in [1.82, 2.24) is 0 Å². The average molecular weight is 381 g/mol. The summed E-state index contributed by atoms with van der Waals surface area (Å²) < 4.78 is 42.6. The standard InChI is InChI=1S/C19H18F3NO4/c1-13-10-14(4-7-17(13)26-12-18(24)25)8-9-23-27-11-15-2-5-16(6-3-15)19(20,21)22/h2-7,9-10H,8,11-12H2,1H3,(H,24,25). The summed E-state index contributed by atoms with van der Waals surface area (Å²) in [4.78, 5) is 15.6. The lowest BCUT2D eigenvalue weighted by atomic mass is 10.1. The SMILES string of the molecule is Cc1cc(CC=NOCc2ccc(C(F)(F)F)cc2)ccc1OCC(=O)O. The third kappa shape index (κ3) is 6.65. The number of oxime groups is 1. The van der Waals surface area contributed by atoms with Gasteiger partial charge in [0, 0.05) is 12.6 Å². The maximum absolute atomic E-state index is 12.5. The molecule has 144 valence electrons. The van der Waals surface area contributed by atoms with Gasteiger partial charge in [0.1, 0.15) is 12.4 Å². The van der Waals surface area contributed by atoms with E-state index in [0.29, 0.717) is 17.7 Å². The molecule has 0 aromatic heterocycles. The summed E-state index contributed by atoms with van der Waals surface area (Å²) in [5.41, 5.74) is 1.60. The average Bonchev–Trinajstić information content (AvgIpc) is 2.60. The van der Waals surface area contributed by atoms with E-state index in [1.807, 2.05) is 6.07 Å². The summed E-state index contributed by atoms with van der Waals surface area (Å²) in [6, 6.07) is 10.0. The molecule has 1 N–H and O–H groups in total. The van der Waals surface area contributed by atoms with Crippen LogP contribution in [0.2, 0.25) is 0 Å². The van der Waals surface area contributed by atoms with Crippen LogP contribution < -0.4 is 4.74 Å². The van der Waals surface area contributed by atoms with Crippen molar-refractivity contribution in [3.05, 3.63) is 64.7 Å². The molecule has 2 rings (SSSR count). The van der Waals surface area contributed by atoms with Gasteiger partial charge >= 0.3 is 12.1 Å². The fourth-order valence-electron chi connectivity index (χ4n) is 2.24. The van der Waals surface area contributed by atoms with Gasteiger partial charge in [-0.2, -0.15) is 13.2 Å². The van der Waals surface area contributed by atoms with Gasteiger partial charge in [-0.3, -0.25) is 0 Å². The number of carboxylic acids is 1. The molecule has 0 spiro atoms. The molecule has 0 aliphatic carbocycles. The van der Waals surface area contributed by atoms with Crippen LogP contribution in [0.1, 0.15) is 22.3 Å². The van der Waals surface area contributed by atoms with Crippen LogP contribution in [0.3, 0.4) is 0 Å². The third-order valence-corrected chi connectivity index (χ3v) is 3.58. The van der Waals surface area contributed by atoms with Crippen LogP contribution in [0.5, 0.6) is 5.75 Å². The molecule has 0 heterocycles. The minimum atomic E-state index is -4.36. The predicted molar refractivity (Wildman–Crippen MR) is 92.7 cm³/mol. The number of aryl methyl sites for hydroxylation is 1. The van der Waals surface area contributed by atoms with Crippen LogP contribution in [-0.4, -0.2) is 23.9 Å². The first-order chi connectivity index (χ1) is 12.8. The van der Waals surface area contributed by atoms with Gasteiger partial charge in [-0.15, -0.1) is 0 Å². The Morgan fingerprint density at radius 1 is 1.15 bits per heavy atom. The van der Waals surface area contributed by atoms with Gasteiger partial charge in [0.05, 0.1) is 5.56 Å². The normalized spacial score (nSPS) is 11.6. The Morgan fingerprint density at radius 3 is 2.41 bits per heavy atom. The minimum absolute atomic E-state index is 0.0651. The highest BCUT2D eigenvalue weighted by Gasteiger charge is 2.29. The molecule has 8 heteroatoms. The van der Waals surface area contributed by atoms with E-state index in [2.05, 4.69) is 5.16 Å². The smallest absolute Gasteiger partial charge is 0.416 e. The molecule has 0 amide bonds. The fourth-order valence-corrected chi connectivity index (χ4v) is 2.24. The molecular weight excluding hydrogens is 363 g/mol. The number of halogens is 3. The van der Waals surface area contributed by atoms with Crippen LogP contribution >= 0.6 is 0 Å². The van der Waals surface area contributed by atoms with E-state index in [-0.39, 0.29) is 6.61 Å². The zero-order valence-electron chi connectivity index (χ0n) is 14.5. The number of carbonyl (C=O) groups is 1. The highest BCUT2D eigenvalue weighted by atomic mass is 19.4. The summed E-state index contributed by atoms with van der Waals surface area (Å²) in [6.07, 6.45) is -2.34. The second kappa shape index (κ2) is 9.07. The summed E-state index contributed by atoms with van der Waals surface area (Å²) >= 11 is 0. The molecule has 0 saturated heterocycles. The fraction of sp³-hybridized carbons (Fsp3) is 0.263. The number of carboxylic acid groups (broad SMARTS) is 1. The number of alkyl halides is 3. The van der Waals surface area contributed by atoms with Crippen molar-refractivity contribution in [2.75, 3.05) is 6.61 Å². The molecule has 0 fully saturated rings. The van der Waals surface area contributed by atoms with Crippen LogP contribution in [0.4, 0.5) is 13.2 Å². The van der Waals surface area contributed by atoms with Crippen molar-refractivity contribution in [2.24, 2.45) is 5.16 Å². The van der Waals surface area contributed by atoms with Crippen molar-refractivity contribution in [2.45, 2.75) is 26.1 Å². The first kappa shape index (κ1) is 20.3. The molecule has 0 saturated carbocycles. The Balaban J connectivity index is 1.80. The first-order valence-corrected chi connectivity index (χ1v) is 8.00. The van der Waals surface area contributed by atoms with Gasteiger partial charge in [-0.25, -0.2) is 4.79 Å². The van der Waals surface area contributed by atoms with Crippen LogP contribution in [0.15, 0.2) is 47.6 Å². The van der Waals surface area contributed by atoms with Crippen molar-refractivity contribution >= 4 is 12.2 Å². The third-order valence-electron chi connectivity index (χ3n) is 3.58. The number of benzene rings is 2. The molecule has 0 aliphatic rings. The lowest BCUT2D eigenvalue weighted by Gasteiger charge is -2.08. The number of aliphatic carboxylic acids is 1. The molecule has 0 bridgehead atoms. The summed E-state index contributed by atoms with van der Waals surface area (Å²) in [6.45, 7) is 1.47. The largest absolute Gasteiger partial charge is 0.482 e. The van der Waals surface area contributed by atoms with E-state index in [9.17, 15) is 18.0 Å². The van der Waals surface area contributed by atoms with Gasteiger partial charge in [0.25, 0.3) is 0 Å². The van der Waals surface area contributed by atoms with E-state index in [1.54, 1.807) is 19.1 Å². The van der Waals surface area contributed by atoms with Crippen LogP contribution in [-0.2, 0) is 28.8 Å². The number of rotatable bonds is 8. The van der Waals surface area contributed by atoms with Crippen LogP contribution in [0.25, 0.3) is 0 Å². The molecule has 0 unspecified atom stereocenters. The Morgan fingerprint density at radius 2 is 1.81 bits per heavy atom. The van der Waals surface area contributed by atoms with E-state index in [4.69, 9.17) is 14.7 Å². The van der Waals surface area contributed by atoms with Crippen molar-refractivity contribution in [1.29, 1.82) is 0 Å². The Hall–Kier alpha value is -3.03. The van der Waals surface area contributed by atoms with E-state index >= 15 is 0 Å². The molecule has 0 aliphatic heterocycles. The minimum Gasteiger partial charge on any atom is -0.482 e. The molecule has 0 atom stereocenters. The highest BCUT2D eigenvalue weighted by Crippen LogP contribution is 2.29. The molecular formula is C19H18F3NO4. The lowest BCUT2D eigenvalue weighted by Crippen LogP contribution is -2.10. The van der Waals surface area contributed by atoms with Crippen LogP contribution in [0, 0.1) is 6.92 Å². The molecule has 2 aromatic carbocycles. The van der Waals surface area contributed by atoms with E-state index in [1.165, 1.54) is 18.3 Å². The number of hydrogen-bond donors (Lipinski definition) is 1. The lowest BCUT2D eigenvalue weighted by molar-refractivity contribution is -0.139. The Kier molecular flexibility index (Phi) is 6.81. The molecule has 27 heavy (non-hydrogen) atoms. The topological polar surface area (TPSA) is 68.1 Å². The zero-order chi connectivity index (χ0) is 19.9. The summed E-state index contributed by atoms with van der Waals surface area (Å²) in [5, 5.41) is 12.4. The number of ether oxygens (including phenoxy) is 1. The maximum atomic E-state index is 12.5. The van der Waals surface area contributed by atoms with E-state index < -0.39 is 24.3 Å². The molecule has 0 radical (unpaired) electrons. The van der Waals surface area contributed by atoms with Crippen molar-refractivity contribution < 1.29 is 32.6 Å². The van der Waals surface area contributed by atoms with Crippen molar-refractivity contribution in [3.8, 4) is 5.75 Å². The summed E-state index contributed by atoms with van der Waals surface area (Å²) in [5.74, 6) is -0.549. The molecule has 2 aromatic rings. The first-order valence-electron chi connectivity index (χ1n) is 8.00. The molecule has 5 nitrogen and oxygen atoms in total. The Bertz CT molecular complexity index is 802. The monoisotopic (exact) mass is 381 g/mol. The van der Waals surface area contributed by atoms with Gasteiger partial charge in [-0.05, 0) is 41.8 Å². The number of hydrogen-bond acceptors (Lipinski definition) is 4. The maximum Gasteiger partial charge on any atom is 0.416 e. The quantitative estimate of drug-likeness (QED) is 0.549. The second-order valence-electron chi connectivity index (χ2n) is 5.74.